The summed E-state index contributed by atoms with van der Waals surface area (Å²) in [5.41, 5.74) is 3.02. The Kier molecular flexibility index (Phi) is 6.55. The van der Waals surface area contributed by atoms with E-state index in [1.165, 1.54) is 23.9 Å². The molecule has 1 amide bonds. The number of rotatable bonds is 7. The Morgan fingerprint density at radius 2 is 1.67 bits per heavy atom. The van der Waals surface area contributed by atoms with Gasteiger partial charge in [-0.3, -0.25) is 4.79 Å². The predicted molar refractivity (Wildman–Crippen MR) is 97.3 cm³/mol. The van der Waals surface area contributed by atoms with E-state index in [0.717, 1.165) is 24.2 Å². The summed E-state index contributed by atoms with van der Waals surface area (Å²) in [6.07, 6.45) is 3.12. The van der Waals surface area contributed by atoms with Crippen molar-refractivity contribution in [3.8, 4) is 0 Å². The number of halogens is 1. The van der Waals surface area contributed by atoms with E-state index in [1.54, 1.807) is 18.2 Å². The number of carbonyl (C=O) groups excluding carboxylic acids is 1. The van der Waals surface area contributed by atoms with Gasteiger partial charge < -0.3 is 10.2 Å². The van der Waals surface area contributed by atoms with Crippen LogP contribution in [-0.2, 0) is 11.3 Å². The average molecular weight is 326 g/mol. The van der Waals surface area contributed by atoms with Crippen LogP contribution < -0.4 is 10.2 Å². The molecule has 4 heteroatoms. The first-order valence-electron chi connectivity index (χ1n) is 8.17. The van der Waals surface area contributed by atoms with Crippen LogP contribution in [0.4, 0.5) is 10.1 Å². The molecule has 0 radical (unpaired) electrons. The van der Waals surface area contributed by atoms with Gasteiger partial charge in [0.2, 0.25) is 5.91 Å². The molecule has 0 unspecified atom stereocenters. The van der Waals surface area contributed by atoms with Crippen molar-refractivity contribution in [2.24, 2.45) is 0 Å². The number of benzene rings is 2. The van der Waals surface area contributed by atoms with Crippen LogP contribution >= 0.6 is 0 Å². The van der Waals surface area contributed by atoms with Gasteiger partial charge in [-0.05, 0) is 55.3 Å². The lowest BCUT2D eigenvalue weighted by atomic mass is 10.2. The van der Waals surface area contributed by atoms with Crippen molar-refractivity contribution in [2.45, 2.75) is 20.4 Å². The third kappa shape index (κ3) is 5.23. The molecule has 24 heavy (non-hydrogen) atoms. The highest BCUT2D eigenvalue weighted by molar-refractivity contribution is 5.91. The van der Waals surface area contributed by atoms with Crippen LogP contribution in [0.5, 0.6) is 0 Å². The third-order valence-electron chi connectivity index (χ3n) is 3.83. The molecule has 2 aromatic carbocycles. The first-order chi connectivity index (χ1) is 11.6. The Bertz CT molecular complexity index is 674. The van der Waals surface area contributed by atoms with Gasteiger partial charge in [-0.1, -0.05) is 24.3 Å². The van der Waals surface area contributed by atoms with Crippen LogP contribution in [0.25, 0.3) is 6.08 Å². The predicted octanol–water partition coefficient (Wildman–Crippen LogP) is 4.00. The molecule has 0 heterocycles. The number of anilines is 1. The van der Waals surface area contributed by atoms with Crippen LogP contribution in [0.3, 0.4) is 0 Å². The van der Waals surface area contributed by atoms with Crippen molar-refractivity contribution in [1.29, 1.82) is 0 Å². The Balaban J connectivity index is 1.86. The number of carbonyl (C=O) groups is 1. The molecule has 1 N–H and O–H groups in total. The second-order valence-electron chi connectivity index (χ2n) is 5.44. The van der Waals surface area contributed by atoms with Crippen molar-refractivity contribution in [3.63, 3.8) is 0 Å². The van der Waals surface area contributed by atoms with E-state index in [1.807, 2.05) is 12.1 Å². The molecule has 0 aromatic heterocycles. The van der Waals surface area contributed by atoms with E-state index < -0.39 is 0 Å². The lowest BCUT2D eigenvalue weighted by molar-refractivity contribution is -0.116. The fourth-order valence-corrected chi connectivity index (χ4v) is 2.41. The van der Waals surface area contributed by atoms with Gasteiger partial charge in [0.15, 0.2) is 0 Å². The van der Waals surface area contributed by atoms with Gasteiger partial charge in [-0.25, -0.2) is 4.39 Å². The fraction of sp³-hybridized carbons (Fsp3) is 0.250. The molecule has 2 aromatic rings. The second kappa shape index (κ2) is 8.87. The van der Waals surface area contributed by atoms with Crippen LogP contribution in [0.1, 0.15) is 25.0 Å². The van der Waals surface area contributed by atoms with Crippen molar-refractivity contribution in [2.75, 3.05) is 18.0 Å². The molecule has 126 valence electrons. The molecule has 0 aliphatic carbocycles. The Labute approximate surface area is 142 Å². The quantitative estimate of drug-likeness (QED) is 0.780. The van der Waals surface area contributed by atoms with Gasteiger partial charge in [-0.2, -0.15) is 0 Å². The Morgan fingerprint density at radius 1 is 1.04 bits per heavy atom. The summed E-state index contributed by atoms with van der Waals surface area (Å²) >= 11 is 0. The van der Waals surface area contributed by atoms with Crippen molar-refractivity contribution in [3.05, 3.63) is 71.6 Å². The maximum absolute atomic E-state index is 12.8. The largest absolute Gasteiger partial charge is 0.372 e. The van der Waals surface area contributed by atoms with Crippen molar-refractivity contribution < 1.29 is 9.18 Å². The highest BCUT2D eigenvalue weighted by Gasteiger charge is 2.02. The smallest absolute Gasteiger partial charge is 0.244 e. The van der Waals surface area contributed by atoms with Gasteiger partial charge in [-0.15, -0.1) is 0 Å². The van der Waals surface area contributed by atoms with Gasteiger partial charge in [0, 0.05) is 31.4 Å². The van der Waals surface area contributed by atoms with E-state index in [4.69, 9.17) is 0 Å². The molecule has 0 atom stereocenters. The Morgan fingerprint density at radius 3 is 2.25 bits per heavy atom. The summed E-state index contributed by atoms with van der Waals surface area (Å²) in [5.74, 6) is -0.461. The topological polar surface area (TPSA) is 32.3 Å². The number of nitrogens with zero attached hydrogens (tertiary/aromatic N) is 1. The van der Waals surface area contributed by atoms with Gasteiger partial charge in [0.25, 0.3) is 0 Å². The number of amides is 1. The zero-order valence-corrected chi connectivity index (χ0v) is 14.1. The molecule has 0 aliphatic rings. The van der Waals surface area contributed by atoms with E-state index in [-0.39, 0.29) is 11.7 Å². The molecule has 0 saturated carbocycles. The highest BCUT2D eigenvalue weighted by Crippen LogP contribution is 2.14. The van der Waals surface area contributed by atoms with E-state index in [2.05, 4.69) is 36.2 Å². The zero-order valence-electron chi connectivity index (χ0n) is 14.1. The monoisotopic (exact) mass is 326 g/mol. The average Bonchev–Trinajstić information content (AvgIpc) is 2.61. The summed E-state index contributed by atoms with van der Waals surface area (Å²) in [6, 6.07) is 14.2. The van der Waals surface area contributed by atoms with Crippen molar-refractivity contribution >= 4 is 17.7 Å². The SMILES string of the molecule is CCN(CC)c1ccc(CNC(=O)/C=C/c2ccc(F)cc2)cc1. The maximum Gasteiger partial charge on any atom is 0.244 e. The number of hydrogen-bond acceptors (Lipinski definition) is 2. The maximum atomic E-state index is 12.8. The van der Waals surface area contributed by atoms with E-state index in [0.29, 0.717) is 6.54 Å². The lowest BCUT2D eigenvalue weighted by Crippen LogP contribution is -2.22. The molecule has 0 spiro atoms. The number of hydrogen-bond donors (Lipinski definition) is 1. The van der Waals surface area contributed by atoms with Gasteiger partial charge >= 0.3 is 0 Å². The summed E-state index contributed by atoms with van der Waals surface area (Å²) < 4.78 is 12.8. The first kappa shape index (κ1) is 17.7. The first-order valence-corrected chi connectivity index (χ1v) is 8.17. The fourth-order valence-electron chi connectivity index (χ4n) is 2.41. The molecule has 0 saturated heterocycles. The minimum Gasteiger partial charge on any atom is -0.372 e. The lowest BCUT2D eigenvalue weighted by Gasteiger charge is -2.21. The standard InChI is InChI=1S/C20H23FN2O/c1-3-23(4-2)19-12-7-17(8-13-19)15-22-20(24)14-9-16-5-10-18(21)11-6-16/h5-14H,3-4,15H2,1-2H3,(H,22,24)/b14-9+. The van der Waals surface area contributed by atoms with E-state index >= 15 is 0 Å². The zero-order chi connectivity index (χ0) is 17.4. The second-order valence-corrected chi connectivity index (χ2v) is 5.44. The normalized spacial score (nSPS) is 10.8. The third-order valence-corrected chi connectivity index (χ3v) is 3.83. The van der Waals surface area contributed by atoms with E-state index in [9.17, 15) is 9.18 Å². The number of nitrogens with one attached hydrogen (secondary N) is 1. The van der Waals surface area contributed by atoms with Gasteiger partial charge in [0.05, 0.1) is 0 Å². The molecular formula is C20H23FN2O. The molecule has 0 fully saturated rings. The molecule has 2 rings (SSSR count). The summed E-state index contributed by atoms with van der Waals surface area (Å²) in [4.78, 5) is 14.1. The van der Waals surface area contributed by atoms with Crippen LogP contribution in [0, 0.1) is 5.82 Å². The summed E-state index contributed by atoms with van der Waals surface area (Å²) in [6.45, 7) is 6.68. The summed E-state index contributed by atoms with van der Waals surface area (Å²) in [5, 5.41) is 2.84. The minimum atomic E-state index is -0.287. The van der Waals surface area contributed by atoms with Crippen LogP contribution in [0.15, 0.2) is 54.6 Å². The van der Waals surface area contributed by atoms with Gasteiger partial charge in [0.1, 0.15) is 5.82 Å². The van der Waals surface area contributed by atoms with Crippen molar-refractivity contribution in [1.82, 2.24) is 5.32 Å². The van der Waals surface area contributed by atoms with Crippen LogP contribution in [0.2, 0.25) is 0 Å². The molecule has 3 nitrogen and oxygen atoms in total. The Hall–Kier alpha value is -2.62. The van der Waals surface area contributed by atoms with Crippen LogP contribution in [-0.4, -0.2) is 19.0 Å². The molecular weight excluding hydrogens is 303 g/mol. The highest BCUT2D eigenvalue weighted by atomic mass is 19.1. The molecule has 0 bridgehead atoms. The molecule has 0 aliphatic heterocycles. The minimum absolute atomic E-state index is 0.174. The summed E-state index contributed by atoms with van der Waals surface area (Å²) in [7, 11) is 0.